The number of aromatic nitrogens is 1. The van der Waals surface area contributed by atoms with Crippen molar-refractivity contribution in [2.45, 2.75) is 42.4 Å². The van der Waals surface area contributed by atoms with E-state index in [0.717, 1.165) is 11.6 Å². The molecule has 2 atom stereocenters. The van der Waals surface area contributed by atoms with Crippen molar-refractivity contribution >= 4 is 11.8 Å². The van der Waals surface area contributed by atoms with Crippen LogP contribution in [0.3, 0.4) is 0 Å². The average Bonchev–Trinajstić information content (AvgIpc) is 2.68. The van der Waals surface area contributed by atoms with Gasteiger partial charge in [0.25, 0.3) is 0 Å². The van der Waals surface area contributed by atoms with Gasteiger partial charge in [0.05, 0.1) is 5.69 Å². The molecule has 1 heterocycles. The van der Waals surface area contributed by atoms with Gasteiger partial charge in [-0.3, -0.25) is 4.98 Å². The van der Waals surface area contributed by atoms with Gasteiger partial charge in [0.15, 0.2) is 0 Å². The summed E-state index contributed by atoms with van der Waals surface area (Å²) in [5.41, 5.74) is 5.60. The zero-order valence-electron chi connectivity index (χ0n) is 15.3. The molecular weight excluding hydrogens is 334 g/mol. The fourth-order valence-corrected chi connectivity index (χ4v) is 5.58. The van der Waals surface area contributed by atoms with E-state index in [2.05, 4.69) is 80.6 Å². The van der Waals surface area contributed by atoms with Crippen molar-refractivity contribution in [3.05, 3.63) is 78.0 Å². The van der Waals surface area contributed by atoms with Crippen LogP contribution < -0.4 is 0 Å². The molecule has 3 aliphatic rings. The summed E-state index contributed by atoms with van der Waals surface area (Å²) in [6.45, 7) is 4.84. The highest BCUT2D eigenvalue weighted by atomic mass is 32.2. The highest BCUT2D eigenvalue weighted by Gasteiger charge is 2.53. The van der Waals surface area contributed by atoms with E-state index in [4.69, 9.17) is 4.98 Å². The van der Waals surface area contributed by atoms with Gasteiger partial charge in [-0.2, -0.15) is 0 Å². The molecule has 1 saturated carbocycles. The van der Waals surface area contributed by atoms with Crippen molar-refractivity contribution in [3.63, 3.8) is 0 Å². The molecule has 2 bridgehead atoms. The van der Waals surface area contributed by atoms with Crippen LogP contribution in [0.15, 0.2) is 76.5 Å². The number of hydrogen-bond donors (Lipinski definition) is 0. The average molecular weight is 358 g/mol. The van der Waals surface area contributed by atoms with Gasteiger partial charge in [0.2, 0.25) is 0 Å². The lowest BCUT2D eigenvalue weighted by Gasteiger charge is -2.56. The van der Waals surface area contributed by atoms with E-state index in [1.807, 2.05) is 11.8 Å². The van der Waals surface area contributed by atoms with E-state index in [-0.39, 0.29) is 0 Å². The molecule has 0 spiro atoms. The zero-order valence-corrected chi connectivity index (χ0v) is 16.1. The molecule has 0 N–H and O–H groups in total. The van der Waals surface area contributed by atoms with Crippen LogP contribution in [0, 0.1) is 11.3 Å². The summed E-state index contributed by atoms with van der Waals surface area (Å²) < 4.78 is 0. The second-order valence-corrected chi connectivity index (χ2v) is 9.28. The summed E-state index contributed by atoms with van der Waals surface area (Å²) in [4.78, 5) is 7.72. The summed E-state index contributed by atoms with van der Waals surface area (Å²) >= 11 is 1.82. The lowest BCUT2D eigenvalue weighted by atomic mass is 9.48. The van der Waals surface area contributed by atoms with Crippen molar-refractivity contribution < 1.29 is 0 Å². The maximum Gasteiger partial charge on any atom is 0.0717 e. The monoisotopic (exact) mass is 357 g/mol. The first-order valence-corrected chi connectivity index (χ1v) is 10.3. The molecule has 6 rings (SSSR count). The molecule has 2 heteroatoms. The van der Waals surface area contributed by atoms with Gasteiger partial charge in [-0.05, 0) is 54.0 Å². The second kappa shape index (κ2) is 5.99. The quantitative estimate of drug-likeness (QED) is 0.525. The van der Waals surface area contributed by atoms with Gasteiger partial charge in [-0.25, -0.2) is 0 Å². The third-order valence-corrected chi connectivity index (χ3v) is 7.50. The minimum absolute atomic E-state index is 0.414. The van der Waals surface area contributed by atoms with Crippen LogP contribution in [-0.4, -0.2) is 4.98 Å². The third-order valence-electron chi connectivity index (χ3n) is 6.41. The summed E-state index contributed by atoms with van der Waals surface area (Å²) in [6, 6.07) is 23.8. The second-order valence-electron chi connectivity index (χ2n) is 8.16. The molecule has 2 aromatic carbocycles. The molecule has 1 nitrogen and oxygen atoms in total. The van der Waals surface area contributed by atoms with Crippen LogP contribution in [0.4, 0.5) is 0 Å². The standard InChI is InChI=1S/C24H23NS/c1-24(2)17-14-16-12-13-21(25-23(16)20(24)15-17)19-10-6-7-11-22(19)26-18-8-4-3-5-9-18/h3-13,17,20H,14-15H2,1-2H3/t17-,20-/m0/s1. The normalized spacial score (nSPS) is 22.4. The van der Waals surface area contributed by atoms with Crippen molar-refractivity contribution in [1.29, 1.82) is 0 Å². The lowest BCUT2D eigenvalue weighted by molar-refractivity contribution is 0.0156. The minimum atomic E-state index is 0.414. The molecule has 130 valence electrons. The molecule has 26 heavy (non-hydrogen) atoms. The summed E-state index contributed by atoms with van der Waals surface area (Å²) in [6.07, 6.45) is 2.52. The largest absolute Gasteiger partial charge is 0.252 e. The maximum absolute atomic E-state index is 5.19. The Morgan fingerprint density at radius 3 is 2.50 bits per heavy atom. The van der Waals surface area contributed by atoms with E-state index in [0.29, 0.717) is 11.3 Å². The first kappa shape index (κ1) is 16.1. The van der Waals surface area contributed by atoms with Crippen LogP contribution >= 0.6 is 11.8 Å². The first-order valence-electron chi connectivity index (χ1n) is 9.45. The SMILES string of the molecule is CC1(C)[C@H]2Cc3ccc(-c4ccccc4Sc4ccccc4)nc3[C@@H]1C2. The Bertz CT molecular complexity index is 961. The molecule has 0 aliphatic heterocycles. The Hall–Kier alpha value is -2.06. The van der Waals surface area contributed by atoms with Crippen LogP contribution in [0.1, 0.15) is 37.4 Å². The Kier molecular flexibility index (Phi) is 3.72. The third kappa shape index (κ3) is 2.51. The van der Waals surface area contributed by atoms with Crippen molar-refractivity contribution in [2.75, 3.05) is 0 Å². The van der Waals surface area contributed by atoms with Gasteiger partial charge in [-0.1, -0.05) is 68.1 Å². The van der Waals surface area contributed by atoms with E-state index >= 15 is 0 Å². The molecule has 3 aromatic rings. The van der Waals surface area contributed by atoms with E-state index < -0.39 is 0 Å². The number of hydrogen-bond acceptors (Lipinski definition) is 2. The van der Waals surface area contributed by atoms with Crippen molar-refractivity contribution in [3.8, 4) is 11.3 Å². The number of nitrogens with zero attached hydrogens (tertiary/aromatic N) is 1. The fraction of sp³-hybridized carbons (Fsp3) is 0.292. The minimum Gasteiger partial charge on any atom is -0.252 e. The summed E-state index contributed by atoms with van der Waals surface area (Å²) in [5, 5.41) is 0. The first-order chi connectivity index (χ1) is 12.6. The van der Waals surface area contributed by atoms with Crippen LogP contribution in [0.5, 0.6) is 0 Å². The summed E-state index contributed by atoms with van der Waals surface area (Å²) in [7, 11) is 0. The number of benzene rings is 2. The van der Waals surface area contributed by atoms with Gasteiger partial charge in [0, 0.05) is 27.0 Å². The van der Waals surface area contributed by atoms with Crippen molar-refractivity contribution in [2.24, 2.45) is 11.3 Å². The van der Waals surface area contributed by atoms with Crippen LogP contribution in [0.2, 0.25) is 0 Å². The van der Waals surface area contributed by atoms with Gasteiger partial charge < -0.3 is 0 Å². The topological polar surface area (TPSA) is 12.9 Å². The Morgan fingerprint density at radius 1 is 0.923 bits per heavy atom. The zero-order chi connectivity index (χ0) is 17.7. The number of pyridine rings is 1. The Morgan fingerprint density at radius 2 is 1.69 bits per heavy atom. The lowest BCUT2D eigenvalue weighted by Crippen LogP contribution is -2.48. The van der Waals surface area contributed by atoms with Crippen LogP contribution in [0.25, 0.3) is 11.3 Å². The summed E-state index contributed by atoms with van der Waals surface area (Å²) in [5.74, 6) is 1.47. The molecule has 0 unspecified atom stereocenters. The van der Waals surface area contributed by atoms with Gasteiger partial charge >= 0.3 is 0 Å². The number of rotatable bonds is 3. The predicted octanol–water partition coefficient (Wildman–Crippen LogP) is 6.59. The highest BCUT2D eigenvalue weighted by molar-refractivity contribution is 7.99. The maximum atomic E-state index is 5.19. The molecule has 1 aromatic heterocycles. The molecule has 0 radical (unpaired) electrons. The van der Waals surface area contributed by atoms with Gasteiger partial charge in [-0.15, -0.1) is 0 Å². The Labute approximate surface area is 159 Å². The predicted molar refractivity (Wildman–Crippen MR) is 109 cm³/mol. The smallest absolute Gasteiger partial charge is 0.0717 e. The Balaban J connectivity index is 1.55. The van der Waals surface area contributed by atoms with Gasteiger partial charge in [0.1, 0.15) is 0 Å². The van der Waals surface area contributed by atoms with Crippen molar-refractivity contribution in [1.82, 2.24) is 4.98 Å². The highest BCUT2D eigenvalue weighted by Crippen LogP contribution is 2.61. The van der Waals surface area contributed by atoms with E-state index in [1.165, 1.54) is 39.5 Å². The van der Waals surface area contributed by atoms with Crippen LogP contribution in [-0.2, 0) is 6.42 Å². The fourth-order valence-electron chi connectivity index (χ4n) is 4.60. The molecule has 0 amide bonds. The molecule has 0 saturated heterocycles. The molecule has 1 fully saturated rings. The molecular formula is C24H23NS. The van der Waals surface area contributed by atoms with E-state index in [1.54, 1.807) is 0 Å². The molecule has 3 aliphatic carbocycles. The van der Waals surface area contributed by atoms with E-state index in [9.17, 15) is 0 Å².